The van der Waals surface area contributed by atoms with Crippen LogP contribution in [-0.4, -0.2) is 48.7 Å². The minimum Gasteiger partial charge on any atom is -0.451 e. The van der Waals surface area contributed by atoms with Crippen molar-refractivity contribution in [3.8, 4) is 0 Å². The number of aromatic amines is 1. The lowest BCUT2D eigenvalue weighted by Crippen LogP contribution is -2.28. The van der Waals surface area contributed by atoms with Crippen LogP contribution in [-0.2, 0) is 14.8 Å². The van der Waals surface area contributed by atoms with E-state index in [1.54, 1.807) is 6.92 Å². The zero-order valence-corrected chi connectivity index (χ0v) is 18.2. The Bertz CT molecular complexity index is 1240. The molecule has 162 valence electrons. The number of carbonyl (C=O) groups excluding carboxylic acids is 2. The molecular weight excluding hydrogens is 416 g/mol. The number of benzene rings is 2. The van der Waals surface area contributed by atoms with E-state index in [0.717, 1.165) is 23.7 Å². The van der Waals surface area contributed by atoms with Crippen molar-refractivity contribution in [1.82, 2.24) is 9.29 Å². The van der Waals surface area contributed by atoms with Gasteiger partial charge in [0, 0.05) is 35.2 Å². The molecule has 1 atom stereocenters. The van der Waals surface area contributed by atoms with Gasteiger partial charge in [-0.05, 0) is 57.0 Å². The van der Waals surface area contributed by atoms with E-state index in [1.807, 2.05) is 24.3 Å². The molecule has 0 spiro atoms. The van der Waals surface area contributed by atoms with E-state index in [9.17, 15) is 18.0 Å². The van der Waals surface area contributed by atoms with Gasteiger partial charge in [-0.1, -0.05) is 18.2 Å². The van der Waals surface area contributed by atoms with Gasteiger partial charge in [-0.15, -0.1) is 0 Å². The summed E-state index contributed by atoms with van der Waals surface area (Å²) in [5, 5.41) is 0.782. The highest BCUT2D eigenvalue weighted by Gasteiger charge is 2.28. The molecule has 1 aliphatic heterocycles. The highest BCUT2D eigenvalue weighted by molar-refractivity contribution is 7.89. The summed E-state index contributed by atoms with van der Waals surface area (Å²) < 4.78 is 32.1. The third-order valence-corrected chi connectivity index (χ3v) is 7.50. The summed E-state index contributed by atoms with van der Waals surface area (Å²) in [4.78, 5) is 28.8. The van der Waals surface area contributed by atoms with Crippen molar-refractivity contribution < 1.29 is 22.7 Å². The standard InChI is InChI=1S/C23H24N2O5S/c1-15-21(19-7-3-4-8-20(19)24-15)22(26)16(2)30-23(27)17-9-11-18(12-10-17)31(28,29)25-13-5-6-14-25/h3-4,7-12,16,24H,5-6,13-14H2,1-2H3/t16-/m0/s1. The molecule has 7 nitrogen and oxygen atoms in total. The molecule has 8 heteroatoms. The van der Waals surface area contributed by atoms with Crippen LogP contribution in [0.15, 0.2) is 53.4 Å². The Morgan fingerprint density at radius 3 is 2.35 bits per heavy atom. The quantitative estimate of drug-likeness (QED) is 0.466. The predicted octanol–water partition coefficient (Wildman–Crippen LogP) is 3.69. The number of nitrogens with one attached hydrogen (secondary N) is 1. The zero-order valence-electron chi connectivity index (χ0n) is 17.4. The summed E-state index contributed by atoms with van der Waals surface area (Å²) in [5.74, 6) is -0.972. The Balaban J connectivity index is 1.49. The monoisotopic (exact) mass is 440 g/mol. The lowest BCUT2D eigenvalue weighted by atomic mass is 10.0. The normalized spacial score (nSPS) is 15.8. The van der Waals surface area contributed by atoms with Crippen LogP contribution in [0.5, 0.6) is 0 Å². The number of Topliss-reactive ketones (excluding diaryl/α,β-unsaturated/α-hetero) is 1. The number of hydrogen-bond donors (Lipinski definition) is 1. The molecule has 0 aliphatic carbocycles. The number of aromatic nitrogens is 1. The number of nitrogens with zero attached hydrogens (tertiary/aromatic N) is 1. The molecule has 3 aromatic rings. The van der Waals surface area contributed by atoms with Crippen molar-refractivity contribution >= 4 is 32.7 Å². The number of carbonyl (C=O) groups is 2. The first-order valence-corrected chi connectivity index (χ1v) is 11.7. The lowest BCUT2D eigenvalue weighted by Gasteiger charge is -2.16. The van der Waals surface area contributed by atoms with Crippen molar-refractivity contribution in [2.24, 2.45) is 0 Å². The van der Waals surface area contributed by atoms with E-state index in [4.69, 9.17) is 4.74 Å². The first-order chi connectivity index (χ1) is 14.8. The molecule has 0 radical (unpaired) electrons. The maximum Gasteiger partial charge on any atom is 0.338 e. The van der Waals surface area contributed by atoms with Gasteiger partial charge in [0.1, 0.15) is 0 Å². The number of aryl methyl sites for hydroxylation is 1. The molecule has 1 saturated heterocycles. The summed E-state index contributed by atoms with van der Waals surface area (Å²) in [6.07, 6.45) is 0.718. The van der Waals surface area contributed by atoms with Gasteiger partial charge in [-0.25, -0.2) is 13.2 Å². The predicted molar refractivity (Wildman–Crippen MR) is 117 cm³/mol. The number of rotatable bonds is 6. The molecule has 0 amide bonds. The Hall–Kier alpha value is -2.97. The molecule has 1 N–H and O–H groups in total. The van der Waals surface area contributed by atoms with E-state index >= 15 is 0 Å². The van der Waals surface area contributed by atoms with Crippen molar-refractivity contribution in [3.63, 3.8) is 0 Å². The molecule has 1 aliphatic rings. The van der Waals surface area contributed by atoms with Crippen LogP contribution in [0.4, 0.5) is 0 Å². The number of para-hydroxylation sites is 1. The molecule has 1 fully saturated rings. The molecule has 0 saturated carbocycles. The first-order valence-electron chi connectivity index (χ1n) is 10.2. The fraction of sp³-hybridized carbons (Fsp3) is 0.304. The van der Waals surface area contributed by atoms with E-state index in [2.05, 4.69) is 4.98 Å². The van der Waals surface area contributed by atoms with E-state index in [0.29, 0.717) is 24.3 Å². The van der Waals surface area contributed by atoms with Crippen LogP contribution in [0.25, 0.3) is 10.9 Å². The number of hydrogen-bond acceptors (Lipinski definition) is 5. The molecule has 2 heterocycles. The maximum atomic E-state index is 13.0. The van der Waals surface area contributed by atoms with Gasteiger partial charge in [-0.2, -0.15) is 4.31 Å². The van der Waals surface area contributed by atoms with Crippen molar-refractivity contribution in [3.05, 3.63) is 65.4 Å². The molecule has 0 bridgehead atoms. The van der Waals surface area contributed by atoms with Gasteiger partial charge < -0.3 is 9.72 Å². The lowest BCUT2D eigenvalue weighted by molar-refractivity contribution is 0.0319. The maximum absolute atomic E-state index is 13.0. The van der Waals surface area contributed by atoms with Crippen LogP contribution >= 0.6 is 0 Å². The van der Waals surface area contributed by atoms with Crippen molar-refractivity contribution in [1.29, 1.82) is 0 Å². The second kappa shape index (κ2) is 8.28. The van der Waals surface area contributed by atoms with Gasteiger partial charge in [0.2, 0.25) is 15.8 Å². The van der Waals surface area contributed by atoms with E-state index in [1.165, 1.54) is 35.5 Å². The third kappa shape index (κ3) is 4.00. The highest BCUT2D eigenvalue weighted by atomic mass is 32.2. The fourth-order valence-electron chi connectivity index (χ4n) is 3.92. The third-order valence-electron chi connectivity index (χ3n) is 5.59. The number of H-pyrrole nitrogens is 1. The summed E-state index contributed by atoms with van der Waals surface area (Å²) in [6, 6.07) is 13.1. The van der Waals surface area contributed by atoms with Crippen LogP contribution in [0.1, 0.15) is 46.2 Å². The summed E-state index contributed by atoms with van der Waals surface area (Å²) in [6.45, 7) is 4.37. The summed E-state index contributed by atoms with van der Waals surface area (Å²) in [5.41, 5.74) is 2.25. The largest absolute Gasteiger partial charge is 0.451 e. The second-order valence-electron chi connectivity index (χ2n) is 7.72. The van der Waals surface area contributed by atoms with Crippen LogP contribution in [0.2, 0.25) is 0 Å². The van der Waals surface area contributed by atoms with Gasteiger partial charge in [0.25, 0.3) is 0 Å². The van der Waals surface area contributed by atoms with Gasteiger partial charge in [0.05, 0.1) is 10.5 Å². The molecule has 0 unspecified atom stereocenters. The summed E-state index contributed by atoms with van der Waals surface area (Å²) >= 11 is 0. The Kier molecular flexibility index (Phi) is 5.68. The second-order valence-corrected chi connectivity index (χ2v) is 9.66. The molecule has 4 rings (SSSR count). The van der Waals surface area contributed by atoms with Gasteiger partial charge >= 0.3 is 5.97 Å². The Morgan fingerprint density at radius 1 is 1.03 bits per heavy atom. The Morgan fingerprint density at radius 2 is 1.68 bits per heavy atom. The Labute approximate surface area is 181 Å². The van der Waals surface area contributed by atoms with E-state index in [-0.39, 0.29) is 16.2 Å². The number of sulfonamides is 1. The average molecular weight is 441 g/mol. The van der Waals surface area contributed by atoms with Crippen molar-refractivity contribution in [2.45, 2.75) is 37.7 Å². The fourth-order valence-corrected chi connectivity index (χ4v) is 5.44. The first kappa shape index (κ1) is 21.3. The minimum atomic E-state index is -3.55. The number of ether oxygens (including phenoxy) is 1. The molecule has 1 aromatic heterocycles. The van der Waals surface area contributed by atoms with Crippen LogP contribution in [0, 0.1) is 6.92 Å². The van der Waals surface area contributed by atoms with Crippen LogP contribution in [0.3, 0.4) is 0 Å². The number of ketones is 1. The smallest absolute Gasteiger partial charge is 0.338 e. The molecule has 31 heavy (non-hydrogen) atoms. The molecule has 2 aromatic carbocycles. The average Bonchev–Trinajstić information content (AvgIpc) is 3.41. The van der Waals surface area contributed by atoms with Gasteiger partial charge in [0.15, 0.2) is 6.10 Å². The van der Waals surface area contributed by atoms with E-state index < -0.39 is 22.1 Å². The topological polar surface area (TPSA) is 96.5 Å². The number of fused-ring (bicyclic) bond motifs is 1. The zero-order chi connectivity index (χ0) is 22.2. The van der Waals surface area contributed by atoms with Gasteiger partial charge in [-0.3, -0.25) is 4.79 Å². The number of esters is 1. The van der Waals surface area contributed by atoms with Crippen molar-refractivity contribution in [2.75, 3.05) is 13.1 Å². The molecular formula is C23H24N2O5S. The highest BCUT2D eigenvalue weighted by Crippen LogP contribution is 2.25. The minimum absolute atomic E-state index is 0.143. The SMILES string of the molecule is Cc1[nH]c2ccccc2c1C(=O)[C@H](C)OC(=O)c1ccc(S(=O)(=O)N2CCCC2)cc1. The summed E-state index contributed by atoms with van der Waals surface area (Å²) in [7, 11) is -3.55. The van der Waals surface area contributed by atoms with Crippen LogP contribution < -0.4 is 0 Å².